The molecule has 0 radical (unpaired) electrons. The molecule has 0 bridgehead atoms. The summed E-state index contributed by atoms with van der Waals surface area (Å²) in [7, 11) is 0. The van der Waals surface area contributed by atoms with Gasteiger partial charge >= 0.3 is 20.1 Å². The Bertz CT molecular complexity index is 3540. The molecule has 0 fully saturated rings. The minimum atomic E-state index is -0.821. The summed E-state index contributed by atoms with van der Waals surface area (Å²) in [6, 6.07) is 77.1. The minimum Gasteiger partial charge on any atom is -0.500 e. The van der Waals surface area contributed by atoms with Gasteiger partial charge in [-0.15, -0.1) is 34.4 Å². The molecule has 0 amide bonds. The maximum Gasteiger partial charge on any atom is 3.00 e. The van der Waals surface area contributed by atoms with Gasteiger partial charge in [0.2, 0.25) is 0 Å². The van der Waals surface area contributed by atoms with Crippen LogP contribution >= 0.6 is 0 Å². The molecule has 4 heterocycles. The summed E-state index contributed by atoms with van der Waals surface area (Å²) in [5, 5.41) is 4.18. The van der Waals surface area contributed by atoms with Gasteiger partial charge in [0.25, 0.3) is 0 Å². The molecule has 0 N–H and O–H groups in total. The van der Waals surface area contributed by atoms with E-state index in [-0.39, 0.29) is 25.5 Å². The van der Waals surface area contributed by atoms with Crippen LogP contribution in [0.3, 0.4) is 0 Å². The van der Waals surface area contributed by atoms with Gasteiger partial charge in [0.05, 0.1) is 22.4 Å². The third-order valence-electron chi connectivity index (χ3n) is 13.6. The Morgan fingerprint density at radius 1 is 0.464 bits per heavy atom. The van der Waals surface area contributed by atoms with E-state index in [2.05, 4.69) is 204 Å². The quantitative estimate of drug-likeness (QED) is 0.128. The number of fused-ring (bicyclic) bond motifs is 5. The maximum absolute atomic E-state index is 7.17. The third kappa shape index (κ3) is 8.41. The van der Waals surface area contributed by atoms with Crippen LogP contribution in [0.1, 0.15) is 74.0 Å². The van der Waals surface area contributed by atoms with Gasteiger partial charge in [-0.2, -0.15) is 54.6 Å². The molecule has 0 aliphatic carbocycles. The number of benzene rings is 7. The zero-order valence-electron chi connectivity index (χ0n) is 39.3. The largest absolute Gasteiger partial charge is 3.00 e. The van der Waals surface area contributed by atoms with Crippen LogP contribution in [0.15, 0.2) is 205 Å². The Hall–Kier alpha value is -7.30. The molecule has 0 spiro atoms. The summed E-state index contributed by atoms with van der Waals surface area (Å²) in [4.78, 5) is 15.8. The molecular weight excluding hydrogens is 1020 g/mol. The summed E-state index contributed by atoms with van der Waals surface area (Å²) in [5.41, 5.74) is 12.8. The number of aromatic nitrogens is 3. The van der Waals surface area contributed by atoms with Crippen molar-refractivity contribution in [2.75, 3.05) is 0 Å². The van der Waals surface area contributed by atoms with Gasteiger partial charge in [0.15, 0.2) is 0 Å². The molecule has 69 heavy (non-hydrogen) atoms. The number of hydrogen-bond acceptors (Lipinski definition) is 4. The van der Waals surface area contributed by atoms with Crippen molar-refractivity contribution in [1.82, 2.24) is 15.0 Å². The van der Waals surface area contributed by atoms with Crippen molar-refractivity contribution in [2.24, 2.45) is 5.41 Å². The first-order valence-electron chi connectivity index (χ1n) is 23.4. The fourth-order valence-electron chi connectivity index (χ4n) is 9.95. The number of furan rings is 1. The van der Waals surface area contributed by atoms with Gasteiger partial charge in [-0.3, -0.25) is 15.0 Å². The van der Waals surface area contributed by atoms with E-state index in [0.717, 1.165) is 101 Å². The average molecular weight is 1070 g/mol. The molecule has 2 unspecified atom stereocenters. The second-order valence-corrected chi connectivity index (χ2v) is 19.4. The van der Waals surface area contributed by atoms with Gasteiger partial charge in [0, 0.05) is 34.3 Å². The normalized spacial score (nSPS) is 13.5. The van der Waals surface area contributed by atoms with Crippen LogP contribution in [0.25, 0.3) is 66.2 Å². The van der Waals surface area contributed by atoms with Crippen LogP contribution in [-0.4, -0.2) is 15.0 Å². The second-order valence-electron chi connectivity index (χ2n) is 19.4. The van der Waals surface area contributed by atoms with Gasteiger partial charge in [0.1, 0.15) is 5.58 Å². The first-order valence-corrected chi connectivity index (χ1v) is 23.4. The summed E-state index contributed by atoms with van der Waals surface area (Å²) in [6.07, 6.45) is 4.56. The molecule has 7 aromatic carbocycles. The van der Waals surface area contributed by atoms with Crippen molar-refractivity contribution in [3.8, 4) is 33.5 Å². The van der Waals surface area contributed by atoms with E-state index in [9.17, 15) is 0 Å². The Morgan fingerprint density at radius 2 is 1.12 bits per heavy atom. The first kappa shape index (κ1) is 45.5. The Morgan fingerprint density at radius 3 is 1.81 bits per heavy atom. The van der Waals surface area contributed by atoms with Gasteiger partial charge in [-0.05, 0) is 83.8 Å². The average Bonchev–Trinajstić information content (AvgIpc) is 3.78. The fourth-order valence-corrected chi connectivity index (χ4v) is 9.95. The van der Waals surface area contributed by atoms with E-state index >= 15 is 0 Å². The van der Waals surface area contributed by atoms with E-state index in [1.54, 1.807) is 0 Å². The fraction of sp³-hybridized carbons (Fsp3) is 0.141. The zero-order valence-corrected chi connectivity index (χ0v) is 41.7. The van der Waals surface area contributed by atoms with Crippen molar-refractivity contribution in [3.63, 3.8) is 0 Å². The van der Waals surface area contributed by atoms with Crippen molar-refractivity contribution in [3.05, 3.63) is 258 Å². The number of pyridine rings is 3. The van der Waals surface area contributed by atoms with Crippen LogP contribution in [0, 0.1) is 23.6 Å². The summed E-state index contributed by atoms with van der Waals surface area (Å²) >= 11 is 0. The Kier molecular flexibility index (Phi) is 12.1. The third-order valence-corrected chi connectivity index (χ3v) is 13.6. The molecule has 11 aromatic rings. The Labute approximate surface area is 418 Å². The molecule has 4 nitrogen and oxygen atoms in total. The SMILES string of the molecule is CC(C)(C)Cc1cc(-c2[c-]c(C(C)(c3[c-]ccc(-c4ccc(-c5ccccc5)cc4)c3)c3ccccn3)cc3c2oc2c4ccccc4ccc32)nc(C(C)(c2[c-]cccc2)c2ccccn2)c1.[Ir+3]. The molecule has 2 atom stereocenters. The van der Waals surface area contributed by atoms with Crippen molar-refractivity contribution >= 4 is 32.7 Å². The predicted molar refractivity (Wildman–Crippen MR) is 277 cm³/mol. The molecule has 0 saturated carbocycles. The van der Waals surface area contributed by atoms with E-state index in [1.165, 1.54) is 11.1 Å². The molecule has 4 aromatic heterocycles. The van der Waals surface area contributed by atoms with E-state index < -0.39 is 10.8 Å². The summed E-state index contributed by atoms with van der Waals surface area (Å²) in [5.74, 6) is 0. The van der Waals surface area contributed by atoms with Gasteiger partial charge in [-0.25, -0.2) is 0 Å². The number of nitrogens with zero attached hydrogens (tertiary/aromatic N) is 3. The molecule has 0 aliphatic heterocycles. The van der Waals surface area contributed by atoms with E-state index in [0.29, 0.717) is 0 Å². The van der Waals surface area contributed by atoms with Gasteiger partial charge in [-0.1, -0.05) is 146 Å². The monoisotopic (exact) mass is 1070 g/mol. The molecule has 11 rings (SSSR count). The second kappa shape index (κ2) is 18.3. The van der Waals surface area contributed by atoms with Crippen LogP contribution in [0.2, 0.25) is 0 Å². The molecule has 5 heteroatoms. The molecule has 336 valence electrons. The summed E-state index contributed by atoms with van der Waals surface area (Å²) in [6.45, 7) is 11.3. The van der Waals surface area contributed by atoms with Crippen LogP contribution in [0.5, 0.6) is 0 Å². The molecular formula is C64H50IrN3O. The Balaban J connectivity index is 0.00000553. The van der Waals surface area contributed by atoms with Crippen molar-refractivity contribution in [1.29, 1.82) is 0 Å². The van der Waals surface area contributed by atoms with E-state index in [4.69, 9.17) is 19.4 Å². The predicted octanol–water partition coefficient (Wildman–Crippen LogP) is 15.6. The number of hydrogen-bond donors (Lipinski definition) is 0. The zero-order chi connectivity index (χ0) is 46.5. The van der Waals surface area contributed by atoms with Crippen LogP contribution < -0.4 is 0 Å². The standard InChI is InChI=1S/C64H50N3O.Ir/c1-62(2,3)42-43-37-56(67-59(38-43)64(5,49-23-10-7-11-24-49)58-28-15-17-36-66-58)55-41-51(40-54-53-34-33-47-21-12-13-26-52(47)60(53)68-61(54)55)63(4,57-27-14-16-35-65-57)50-25-18-22-48(39-50)46-31-29-45(30-32-46)44-19-8-6-9-20-44;/h6-23,26-40H,42H2,1-5H3;/q-3;+3. The maximum atomic E-state index is 7.17. The number of rotatable bonds is 10. The van der Waals surface area contributed by atoms with Crippen LogP contribution in [0.4, 0.5) is 0 Å². The topological polar surface area (TPSA) is 51.8 Å². The first-order chi connectivity index (χ1) is 33.1. The minimum absolute atomic E-state index is 0. The van der Waals surface area contributed by atoms with Crippen LogP contribution in [-0.2, 0) is 37.4 Å². The van der Waals surface area contributed by atoms with Crippen molar-refractivity contribution < 1.29 is 24.5 Å². The smallest absolute Gasteiger partial charge is 0.500 e. The van der Waals surface area contributed by atoms with Gasteiger partial charge < -0.3 is 4.42 Å². The molecule has 0 aliphatic rings. The summed E-state index contributed by atoms with van der Waals surface area (Å²) < 4.78 is 7.17. The van der Waals surface area contributed by atoms with Crippen molar-refractivity contribution in [2.45, 2.75) is 51.9 Å². The molecule has 0 saturated heterocycles. The van der Waals surface area contributed by atoms with E-state index in [1.807, 2.05) is 48.8 Å².